The maximum atomic E-state index is 13.5. The summed E-state index contributed by atoms with van der Waals surface area (Å²) in [6, 6.07) is 8.61. The van der Waals surface area contributed by atoms with E-state index in [-0.39, 0.29) is 17.5 Å². The Morgan fingerprint density at radius 1 is 1.08 bits per heavy atom. The number of nitrogens with one attached hydrogen (secondary N) is 1. The number of nitrogens with zero attached hydrogens (tertiary/aromatic N) is 5. The third-order valence-electron chi connectivity index (χ3n) is 6.10. The predicted molar refractivity (Wildman–Crippen MR) is 135 cm³/mol. The number of para-hydroxylation sites is 1. The van der Waals surface area contributed by atoms with Crippen molar-refractivity contribution in [1.29, 1.82) is 0 Å². The Balaban J connectivity index is 1.82. The number of hydrogen-bond donors (Lipinski definition) is 1. The average Bonchev–Trinajstić information content (AvgIpc) is 3.47. The summed E-state index contributed by atoms with van der Waals surface area (Å²) in [6.45, 7) is 6.62. The van der Waals surface area contributed by atoms with Crippen molar-refractivity contribution in [2.75, 3.05) is 18.9 Å². The van der Waals surface area contributed by atoms with E-state index in [1.54, 1.807) is 51.1 Å². The lowest BCUT2D eigenvalue weighted by Crippen LogP contribution is -2.39. The Morgan fingerprint density at radius 3 is 2.32 bits per heavy atom. The zero-order valence-corrected chi connectivity index (χ0v) is 22.1. The van der Waals surface area contributed by atoms with Gasteiger partial charge in [-0.05, 0) is 45.0 Å². The summed E-state index contributed by atoms with van der Waals surface area (Å²) < 4.78 is 48.6. The van der Waals surface area contributed by atoms with Crippen molar-refractivity contribution < 1.29 is 27.0 Å². The molecule has 37 heavy (non-hydrogen) atoms. The van der Waals surface area contributed by atoms with Crippen LogP contribution in [0.25, 0.3) is 17.3 Å². The highest BCUT2D eigenvalue weighted by atomic mass is 32.2. The van der Waals surface area contributed by atoms with Crippen LogP contribution in [0.5, 0.6) is 11.5 Å². The molecule has 0 saturated heterocycles. The lowest BCUT2D eigenvalue weighted by atomic mass is 10.1. The summed E-state index contributed by atoms with van der Waals surface area (Å²) in [5, 5.41) is 19.7. The smallest absolute Gasteiger partial charge is 0.243 e. The molecule has 1 N–H and O–H groups in total. The summed E-state index contributed by atoms with van der Waals surface area (Å²) in [7, 11) is -1.11. The second-order valence-corrected chi connectivity index (χ2v) is 10.6. The Kier molecular flexibility index (Phi) is 7.07. The fraction of sp³-hybridized carbons (Fsp3) is 0.333. The van der Waals surface area contributed by atoms with Crippen molar-refractivity contribution in [3.63, 3.8) is 0 Å². The Morgan fingerprint density at radius 2 is 1.76 bits per heavy atom. The third kappa shape index (κ3) is 4.94. The number of rotatable bonds is 9. The van der Waals surface area contributed by atoms with Gasteiger partial charge >= 0.3 is 0 Å². The molecular weight excluding hydrogens is 500 g/mol. The molecule has 196 valence electrons. The highest BCUT2D eigenvalue weighted by molar-refractivity contribution is 7.93. The second-order valence-electron chi connectivity index (χ2n) is 8.52. The monoisotopic (exact) mass is 528 g/mol. The molecule has 0 radical (unpaired) electrons. The van der Waals surface area contributed by atoms with Crippen LogP contribution >= 0.6 is 0 Å². The Labute approximate surface area is 214 Å². The summed E-state index contributed by atoms with van der Waals surface area (Å²) in [4.78, 5) is 4.14. The normalized spacial score (nSPS) is 13.2. The largest absolute Gasteiger partial charge is 0.618 e. The molecule has 0 amide bonds. The van der Waals surface area contributed by atoms with Crippen molar-refractivity contribution in [3.05, 3.63) is 65.1 Å². The van der Waals surface area contributed by atoms with Crippen molar-refractivity contribution in [2.24, 2.45) is 0 Å². The average molecular weight is 529 g/mol. The van der Waals surface area contributed by atoms with E-state index < -0.39 is 21.2 Å². The van der Waals surface area contributed by atoms with Crippen LogP contribution in [-0.2, 0) is 10.0 Å². The van der Waals surface area contributed by atoms with E-state index in [9.17, 15) is 13.6 Å². The van der Waals surface area contributed by atoms with Crippen LogP contribution in [0.3, 0.4) is 0 Å². The molecule has 3 heterocycles. The number of hydrogen-bond acceptors (Lipinski definition) is 9. The Hall–Kier alpha value is -4.13. The van der Waals surface area contributed by atoms with E-state index in [1.807, 2.05) is 0 Å². The molecule has 0 bridgehead atoms. The van der Waals surface area contributed by atoms with Crippen LogP contribution < -0.4 is 18.9 Å². The molecule has 0 aliphatic rings. The zero-order chi connectivity index (χ0) is 26.9. The molecule has 0 aliphatic heterocycles. The molecule has 4 aromatic rings. The molecule has 12 nitrogen and oxygen atoms in total. The first-order valence-corrected chi connectivity index (χ1v) is 12.9. The fourth-order valence-corrected chi connectivity index (χ4v) is 5.13. The van der Waals surface area contributed by atoms with Crippen LogP contribution in [0.1, 0.15) is 36.9 Å². The third-order valence-corrected chi connectivity index (χ3v) is 7.96. The van der Waals surface area contributed by atoms with Gasteiger partial charge in [-0.15, -0.1) is 10.2 Å². The quantitative estimate of drug-likeness (QED) is 0.255. The lowest BCUT2D eigenvalue weighted by Gasteiger charge is -2.21. The van der Waals surface area contributed by atoms with Crippen LogP contribution in [0.15, 0.2) is 47.1 Å². The van der Waals surface area contributed by atoms with Gasteiger partial charge in [-0.2, -0.15) is 4.73 Å². The number of aromatic nitrogens is 5. The van der Waals surface area contributed by atoms with Gasteiger partial charge in [0.1, 0.15) is 28.6 Å². The first-order valence-electron chi connectivity index (χ1n) is 11.4. The summed E-state index contributed by atoms with van der Waals surface area (Å²) >= 11 is 0. The molecule has 0 spiro atoms. The number of anilines is 1. The molecule has 1 aromatic carbocycles. The number of ether oxygens (including phenoxy) is 2. The SMILES string of the molecule is COc1cccc(OC)c1-n1c(NS(=O)(=O)[C@@H](C)[C@H](C)c2cnc(C)c[n+]2[O-])nnc1-c1ccc(C)o1. The van der Waals surface area contributed by atoms with Crippen LogP contribution in [-0.4, -0.2) is 47.6 Å². The molecule has 0 saturated carbocycles. The van der Waals surface area contributed by atoms with Gasteiger partial charge in [0.25, 0.3) is 0 Å². The highest BCUT2D eigenvalue weighted by Gasteiger charge is 2.34. The topological polar surface area (TPSA) is 148 Å². The standard InChI is InChI=1S/C24H28N6O6S/c1-14-13-29(31)18(12-25-14)16(3)17(4)37(32,33)28-24-27-26-23(21-11-10-15(2)36-21)30(24)22-19(34-5)8-7-9-20(22)35-6/h7-13,16-17H,1-6H3,(H,27,28)/t16-,17-/m0/s1. The van der Waals surface area contributed by atoms with E-state index in [0.717, 1.165) is 0 Å². The number of aryl methyl sites for hydroxylation is 2. The van der Waals surface area contributed by atoms with Crippen LogP contribution in [0, 0.1) is 19.1 Å². The van der Waals surface area contributed by atoms with Gasteiger partial charge in [0, 0.05) is 0 Å². The number of benzene rings is 1. The van der Waals surface area contributed by atoms with Gasteiger partial charge in [0.2, 0.25) is 33.7 Å². The molecule has 4 rings (SSSR count). The van der Waals surface area contributed by atoms with E-state index in [2.05, 4.69) is 19.9 Å². The molecule has 0 aliphatic carbocycles. The maximum absolute atomic E-state index is 13.5. The first-order chi connectivity index (χ1) is 17.6. The van der Waals surface area contributed by atoms with E-state index in [1.165, 1.54) is 38.1 Å². The van der Waals surface area contributed by atoms with Gasteiger partial charge in [0.05, 0.1) is 31.6 Å². The summed E-state index contributed by atoms with van der Waals surface area (Å²) in [5.41, 5.74) is 1.13. The van der Waals surface area contributed by atoms with Crippen molar-refractivity contribution in [1.82, 2.24) is 19.7 Å². The van der Waals surface area contributed by atoms with Gasteiger partial charge in [0.15, 0.2) is 5.76 Å². The van der Waals surface area contributed by atoms with Gasteiger partial charge < -0.3 is 19.1 Å². The highest BCUT2D eigenvalue weighted by Crippen LogP contribution is 2.38. The lowest BCUT2D eigenvalue weighted by molar-refractivity contribution is -0.616. The fourth-order valence-electron chi connectivity index (χ4n) is 3.88. The second kappa shape index (κ2) is 10.1. The Bertz CT molecular complexity index is 1510. The molecule has 0 unspecified atom stereocenters. The van der Waals surface area contributed by atoms with Crippen LogP contribution in [0.2, 0.25) is 0 Å². The van der Waals surface area contributed by atoms with E-state index >= 15 is 0 Å². The minimum Gasteiger partial charge on any atom is -0.618 e. The van der Waals surface area contributed by atoms with Crippen LogP contribution in [0.4, 0.5) is 5.95 Å². The van der Waals surface area contributed by atoms with Crippen molar-refractivity contribution in [2.45, 2.75) is 38.9 Å². The first kappa shape index (κ1) is 25.9. The molecule has 13 heteroatoms. The van der Waals surface area contributed by atoms with Gasteiger partial charge in [-0.3, -0.25) is 9.29 Å². The molecule has 2 atom stereocenters. The minimum atomic E-state index is -4.09. The number of methoxy groups -OCH3 is 2. The minimum absolute atomic E-state index is 0.108. The van der Waals surface area contributed by atoms with Gasteiger partial charge in [-0.25, -0.2) is 13.4 Å². The zero-order valence-electron chi connectivity index (χ0n) is 21.3. The van der Waals surface area contributed by atoms with Crippen molar-refractivity contribution >= 4 is 16.0 Å². The maximum Gasteiger partial charge on any atom is 0.243 e. The summed E-state index contributed by atoms with van der Waals surface area (Å²) in [6.07, 6.45) is 2.69. The summed E-state index contributed by atoms with van der Waals surface area (Å²) in [5.74, 6) is 1.22. The number of furan rings is 1. The molecule has 0 fully saturated rings. The predicted octanol–water partition coefficient (Wildman–Crippen LogP) is 3.12. The molecule has 3 aromatic heterocycles. The van der Waals surface area contributed by atoms with Gasteiger partial charge in [-0.1, -0.05) is 13.0 Å². The van der Waals surface area contributed by atoms with E-state index in [0.29, 0.717) is 39.1 Å². The van der Waals surface area contributed by atoms with Crippen molar-refractivity contribution in [3.8, 4) is 28.8 Å². The van der Waals surface area contributed by atoms with E-state index in [4.69, 9.17) is 13.9 Å². The molecular formula is C24H28N6O6S. The number of sulfonamides is 1.